The Labute approximate surface area is 151 Å². The Bertz CT molecular complexity index is 770. The Morgan fingerprint density at radius 1 is 1.32 bits per heavy atom. The number of rotatable bonds is 6. The molecule has 2 amide bonds. The van der Waals surface area contributed by atoms with Gasteiger partial charge in [-0.25, -0.2) is 4.98 Å². The molecule has 0 saturated carbocycles. The van der Waals surface area contributed by atoms with Crippen LogP contribution < -0.4 is 5.73 Å². The van der Waals surface area contributed by atoms with Crippen molar-refractivity contribution in [2.45, 2.75) is 26.3 Å². The third-order valence-corrected chi connectivity index (χ3v) is 5.19. The first-order valence-electron chi connectivity index (χ1n) is 8.42. The second kappa shape index (κ2) is 7.74. The summed E-state index contributed by atoms with van der Waals surface area (Å²) >= 11 is 1.79. The maximum absolute atomic E-state index is 12.3. The highest BCUT2D eigenvalue weighted by atomic mass is 32.2. The number of H-pyrrole nitrogens is 1. The molecule has 6 nitrogen and oxygen atoms in total. The molecular formula is C18H22N4O2S. The molecule has 0 atom stereocenters. The van der Waals surface area contributed by atoms with Crippen LogP contribution in [0.4, 0.5) is 0 Å². The standard InChI is InChI=1S/C18H22N4O2S/c1-2-25-10-8-16(23)22-9-7-14-15(11-22)21-18(20-14)13-5-3-12(4-6-13)17(19)24/h3-6H,2,7-11H2,1H3,(H2,19,24)(H,20,21). The number of hydrogen-bond donors (Lipinski definition) is 2. The first-order chi connectivity index (χ1) is 12.1. The molecular weight excluding hydrogens is 336 g/mol. The second-order valence-electron chi connectivity index (χ2n) is 5.96. The van der Waals surface area contributed by atoms with E-state index in [1.165, 1.54) is 0 Å². The van der Waals surface area contributed by atoms with E-state index < -0.39 is 5.91 Å². The van der Waals surface area contributed by atoms with Gasteiger partial charge in [-0.15, -0.1) is 0 Å². The number of imidazole rings is 1. The number of amides is 2. The van der Waals surface area contributed by atoms with Crippen molar-refractivity contribution < 1.29 is 9.59 Å². The molecule has 0 saturated heterocycles. The fourth-order valence-electron chi connectivity index (χ4n) is 2.90. The highest BCUT2D eigenvalue weighted by Gasteiger charge is 2.23. The monoisotopic (exact) mass is 358 g/mol. The predicted octanol–water partition coefficient (Wildman–Crippen LogP) is 2.20. The number of hydrogen-bond acceptors (Lipinski definition) is 4. The number of nitrogens with two attached hydrogens (primary N) is 1. The Balaban J connectivity index is 1.70. The van der Waals surface area contributed by atoms with Gasteiger partial charge < -0.3 is 15.6 Å². The number of carbonyl (C=O) groups is 2. The lowest BCUT2D eigenvalue weighted by molar-refractivity contribution is -0.131. The molecule has 0 bridgehead atoms. The second-order valence-corrected chi connectivity index (χ2v) is 7.36. The van der Waals surface area contributed by atoms with Crippen LogP contribution in [0.2, 0.25) is 0 Å². The van der Waals surface area contributed by atoms with E-state index in [9.17, 15) is 9.59 Å². The Morgan fingerprint density at radius 2 is 2.08 bits per heavy atom. The fraction of sp³-hybridized carbons (Fsp3) is 0.389. The van der Waals surface area contributed by atoms with Crippen molar-refractivity contribution >= 4 is 23.6 Å². The SMILES string of the molecule is CCSCCC(=O)N1CCc2nc(-c3ccc(C(N)=O)cc3)[nH]c2C1. The molecule has 7 heteroatoms. The molecule has 1 aliphatic heterocycles. The van der Waals surface area contributed by atoms with E-state index in [4.69, 9.17) is 5.73 Å². The summed E-state index contributed by atoms with van der Waals surface area (Å²) in [6, 6.07) is 7.05. The molecule has 0 fully saturated rings. The van der Waals surface area contributed by atoms with E-state index in [1.807, 2.05) is 17.0 Å². The largest absolute Gasteiger partial charge is 0.366 e. The number of primary amides is 1. The maximum atomic E-state index is 12.3. The number of fused-ring (bicyclic) bond motifs is 1. The van der Waals surface area contributed by atoms with Crippen LogP contribution in [0.25, 0.3) is 11.4 Å². The van der Waals surface area contributed by atoms with Gasteiger partial charge >= 0.3 is 0 Å². The lowest BCUT2D eigenvalue weighted by Gasteiger charge is -2.26. The first kappa shape index (κ1) is 17.5. The molecule has 3 N–H and O–H groups in total. The van der Waals surface area contributed by atoms with Crippen LogP contribution in [0.5, 0.6) is 0 Å². The quantitative estimate of drug-likeness (QED) is 0.774. The number of nitrogens with zero attached hydrogens (tertiary/aromatic N) is 2. The molecule has 1 aromatic carbocycles. The van der Waals surface area contributed by atoms with Gasteiger partial charge in [-0.2, -0.15) is 11.8 Å². The van der Waals surface area contributed by atoms with Crippen molar-refractivity contribution in [1.29, 1.82) is 0 Å². The average Bonchev–Trinajstić information content (AvgIpc) is 3.05. The van der Waals surface area contributed by atoms with E-state index >= 15 is 0 Å². The summed E-state index contributed by atoms with van der Waals surface area (Å²) in [4.78, 5) is 33.3. The van der Waals surface area contributed by atoms with Crippen LogP contribution in [0.3, 0.4) is 0 Å². The van der Waals surface area contributed by atoms with E-state index in [2.05, 4.69) is 16.9 Å². The van der Waals surface area contributed by atoms with Crippen LogP contribution in [-0.4, -0.2) is 44.7 Å². The van der Waals surface area contributed by atoms with Gasteiger partial charge in [0, 0.05) is 36.3 Å². The van der Waals surface area contributed by atoms with Crippen molar-refractivity contribution in [3.8, 4) is 11.4 Å². The van der Waals surface area contributed by atoms with Crippen molar-refractivity contribution in [2.75, 3.05) is 18.1 Å². The first-order valence-corrected chi connectivity index (χ1v) is 9.57. The van der Waals surface area contributed by atoms with Gasteiger partial charge in [0.05, 0.1) is 17.9 Å². The normalized spacial score (nSPS) is 13.6. The molecule has 0 spiro atoms. The van der Waals surface area contributed by atoms with Crippen LogP contribution in [0.1, 0.15) is 35.1 Å². The lowest BCUT2D eigenvalue weighted by Crippen LogP contribution is -2.36. The number of aromatic nitrogens is 2. The van der Waals surface area contributed by atoms with Crippen molar-refractivity contribution in [3.63, 3.8) is 0 Å². The van der Waals surface area contributed by atoms with Gasteiger partial charge in [0.1, 0.15) is 5.82 Å². The predicted molar refractivity (Wildman–Crippen MR) is 99.3 cm³/mol. The van der Waals surface area contributed by atoms with Crippen LogP contribution in [0.15, 0.2) is 24.3 Å². The highest BCUT2D eigenvalue weighted by molar-refractivity contribution is 7.99. The van der Waals surface area contributed by atoms with Gasteiger partial charge in [0.25, 0.3) is 0 Å². The summed E-state index contributed by atoms with van der Waals surface area (Å²) < 4.78 is 0. The van der Waals surface area contributed by atoms with Crippen molar-refractivity contribution in [3.05, 3.63) is 41.2 Å². The molecule has 1 aromatic heterocycles. The number of nitrogens with one attached hydrogen (secondary N) is 1. The third kappa shape index (κ3) is 4.04. The Kier molecular flexibility index (Phi) is 5.43. The molecule has 1 aliphatic rings. The molecule has 3 rings (SSSR count). The molecule has 2 heterocycles. The topological polar surface area (TPSA) is 92.1 Å². The summed E-state index contributed by atoms with van der Waals surface area (Å²) in [7, 11) is 0. The Morgan fingerprint density at radius 3 is 2.76 bits per heavy atom. The molecule has 25 heavy (non-hydrogen) atoms. The average molecular weight is 358 g/mol. The maximum Gasteiger partial charge on any atom is 0.248 e. The van der Waals surface area contributed by atoms with Gasteiger partial charge in [-0.05, 0) is 17.9 Å². The van der Waals surface area contributed by atoms with Gasteiger partial charge in [-0.1, -0.05) is 19.1 Å². The number of benzene rings is 1. The zero-order valence-electron chi connectivity index (χ0n) is 14.2. The molecule has 0 unspecified atom stereocenters. The van der Waals surface area contributed by atoms with Crippen LogP contribution >= 0.6 is 11.8 Å². The van der Waals surface area contributed by atoms with Crippen LogP contribution in [-0.2, 0) is 17.8 Å². The minimum atomic E-state index is -0.444. The van der Waals surface area contributed by atoms with E-state index in [0.29, 0.717) is 25.1 Å². The van der Waals surface area contributed by atoms with Crippen molar-refractivity contribution in [1.82, 2.24) is 14.9 Å². The molecule has 2 aromatic rings. The zero-order valence-corrected chi connectivity index (χ0v) is 15.1. The van der Waals surface area contributed by atoms with E-state index in [0.717, 1.165) is 40.7 Å². The summed E-state index contributed by atoms with van der Waals surface area (Å²) in [6.07, 6.45) is 1.35. The zero-order chi connectivity index (χ0) is 17.8. The number of aromatic amines is 1. The van der Waals surface area contributed by atoms with Gasteiger partial charge in [0.2, 0.25) is 11.8 Å². The van der Waals surface area contributed by atoms with Crippen LogP contribution in [0, 0.1) is 0 Å². The van der Waals surface area contributed by atoms with Gasteiger partial charge in [0.15, 0.2) is 0 Å². The minimum Gasteiger partial charge on any atom is -0.366 e. The third-order valence-electron chi connectivity index (χ3n) is 4.29. The Hall–Kier alpha value is -2.28. The van der Waals surface area contributed by atoms with Crippen molar-refractivity contribution in [2.24, 2.45) is 5.73 Å². The van der Waals surface area contributed by atoms with E-state index in [-0.39, 0.29) is 5.91 Å². The summed E-state index contributed by atoms with van der Waals surface area (Å²) in [6.45, 7) is 3.40. The van der Waals surface area contributed by atoms with E-state index in [1.54, 1.807) is 23.9 Å². The fourth-order valence-corrected chi connectivity index (χ4v) is 3.51. The lowest BCUT2D eigenvalue weighted by atomic mass is 10.1. The smallest absolute Gasteiger partial charge is 0.248 e. The summed E-state index contributed by atoms with van der Waals surface area (Å²) in [5, 5.41) is 0. The molecule has 132 valence electrons. The number of thioether (sulfide) groups is 1. The number of carbonyl (C=O) groups excluding carboxylic acids is 2. The minimum absolute atomic E-state index is 0.202. The summed E-state index contributed by atoms with van der Waals surface area (Å²) in [5.41, 5.74) is 8.65. The molecule has 0 radical (unpaired) electrons. The van der Waals surface area contributed by atoms with Gasteiger partial charge in [-0.3, -0.25) is 9.59 Å². The molecule has 0 aliphatic carbocycles. The summed E-state index contributed by atoms with van der Waals surface area (Å²) in [5.74, 6) is 2.43. The highest BCUT2D eigenvalue weighted by Crippen LogP contribution is 2.23.